The number of ketones is 1. The Morgan fingerprint density at radius 2 is 2.10 bits per heavy atom. The first-order chi connectivity index (χ1) is 4.66. The molecule has 0 bridgehead atoms. The Balaban J connectivity index is 3.47. The highest BCUT2D eigenvalue weighted by Crippen LogP contribution is 1.93. The van der Waals surface area contributed by atoms with E-state index in [1.165, 1.54) is 0 Å². The SMILES string of the molecule is C#CCCC(=O)CC(=O)O. The standard InChI is InChI=1S/C7H8O3/c1-2-3-4-6(8)5-7(9)10/h1H,3-5H2,(H,9,10). The Morgan fingerprint density at radius 1 is 1.50 bits per heavy atom. The van der Waals surface area contributed by atoms with Gasteiger partial charge in [-0.2, -0.15) is 0 Å². The molecule has 0 aromatic rings. The summed E-state index contributed by atoms with van der Waals surface area (Å²) in [4.78, 5) is 20.4. The fourth-order valence-electron chi connectivity index (χ4n) is 0.469. The van der Waals surface area contributed by atoms with Crippen molar-refractivity contribution < 1.29 is 14.7 Å². The zero-order valence-corrected chi connectivity index (χ0v) is 5.46. The average molecular weight is 140 g/mol. The number of carboxylic acid groups (broad SMARTS) is 1. The van der Waals surface area contributed by atoms with Gasteiger partial charge in [-0.05, 0) is 0 Å². The molecule has 3 heteroatoms. The molecular weight excluding hydrogens is 132 g/mol. The van der Waals surface area contributed by atoms with E-state index >= 15 is 0 Å². The lowest BCUT2D eigenvalue weighted by molar-refractivity contribution is -0.140. The maximum absolute atomic E-state index is 10.5. The summed E-state index contributed by atoms with van der Waals surface area (Å²) in [6.07, 6.45) is 4.94. The lowest BCUT2D eigenvalue weighted by atomic mass is 10.2. The van der Waals surface area contributed by atoms with Gasteiger partial charge in [0.1, 0.15) is 12.2 Å². The summed E-state index contributed by atoms with van der Waals surface area (Å²) in [6, 6.07) is 0. The van der Waals surface area contributed by atoms with Gasteiger partial charge < -0.3 is 5.11 Å². The van der Waals surface area contributed by atoms with Crippen LogP contribution in [-0.4, -0.2) is 16.9 Å². The Morgan fingerprint density at radius 3 is 2.50 bits per heavy atom. The number of rotatable bonds is 4. The van der Waals surface area contributed by atoms with Crippen LogP contribution in [0.2, 0.25) is 0 Å². The Bertz CT molecular complexity index is 176. The summed E-state index contributed by atoms with van der Waals surface area (Å²) in [5, 5.41) is 8.11. The van der Waals surface area contributed by atoms with Crippen LogP contribution in [0.5, 0.6) is 0 Å². The fourth-order valence-corrected chi connectivity index (χ4v) is 0.469. The van der Waals surface area contributed by atoms with E-state index in [4.69, 9.17) is 11.5 Å². The second-order valence-corrected chi connectivity index (χ2v) is 1.81. The third kappa shape index (κ3) is 4.85. The number of hydrogen-bond acceptors (Lipinski definition) is 2. The molecule has 0 heterocycles. The molecular formula is C7H8O3. The highest BCUT2D eigenvalue weighted by Gasteiger charge is 2.05. The molecule has 0 amide bonds. The van der Waals surface area contributed by atoms with E-state index in [1.807, 2.05) is 0 Å². The Kier molecular flexibility index (Phi) is 3.97. The first-order valence-corrected chi connectivity index (χ1v) is 2.83. The second-order valence-electron chi connectivity index (χ2n) is 1.81. The largest absolute Gasteiger partial charge is 0.481 e. The Labute approximate surface area is 59.0 Å². The number of hydrogen-bond donors (Lipinski definition) is 1. The minimum atomic E-state index is -1.10. The maximum Gasteiger partial charge on any atom is 0.310 e. The van der Waals surface area contributed by atoms with Crippen LogP contribution in [0.15, 0.2) is 0 Å². The van der Waals surface area contributed by atoms with Crippen molar-refractivity contribution in [3.8, 4) is 12.3 Å². The van der Waals surface area contributed by atoms with Gasteiger partial charge in [0.05, 0.1) is 0 Å². The molecule has 0 fully saturated rings. The molecule has 0 aliphatic carbocycles. The fraction of sp³-hybridized carbons (Fsp3) is 0.429. The van der Waals surface area contributed by atoms with E-state index in [2.05, 4.69) is 5.92 Å². The van der Waals surface area contributed by atoms with Crippen molar-refractivity contribution in [1.29, 1.82) is 0 Å². The van der Waals surface area contributed by atoms with Gasteiger partial charge in [0.15, 0.2) is 0 Å². The second kappa shape index (κ2) is 4.57. The van der Waals surface area contributed by atoms with Crippen molar-refractivity contribution in [2.75, 3.05) is 0 Å². The van der Waals surface area contributed by atoms with Crippen molar-refractivity contribution in [3.63, 3.8) is 0 Å². The van der Waals surface area contributed by atoms with Crippen LogP contribution in [0.25, 0.3) is 0 Å². The van der Waals surface area contributed by atoms with Gasteiger partial charge in [-0.25, -0.2) is 0 Å². The highest BCUT2D eigenvalue weighted by molar-refractivity contribution is 5.94. The van der Waals surface area contributed by atoms with E-state index in [0.29, 0.717) is 6.42 Å². The van der Waals surface area contributed by atoms with Gasteiger partial charge in [-0.15, -0.1) is 12.3 Å². The molecule has 0 aromatic carbocycles. The van der Waals surface area contributed by atoms with Crippen molar-refractivity contribution >= 4 is 11.8 Å². The number of carbonyl (C=O) groups is 2. The van der Waals surface area contributed by atoms with Crippen LogP contribution in [0.4, 0.5) is 0 Å². The molecule has 0 aliphatic rings. The van der Waals surface area contributed by atoms with Crippen molar-refractivity contribution in [2.45, 2.75) is 19.3 Å². The normalized spacial score (nSPS) is 8.30. The summed E-state index contributed by atoms with van der Waals surface area (Å²) in [7, 11) is 0. The number of Topliss-reactive ketones (excluding diaryl/α,β-unsaturated/α-hetero) is 1. The summed E-state index contributed by atoms with van der Waals surface area (Å²) < 4.78 is 0. The smallest absolute Gasteiger partial charge is 0.310 e. The quantitative estimate of drug-likeness (QED) is 0.455. The third-order valence-electron chi connectivity index (χ3n) is 0.897. The Hall–Kier alpha value is -1.30. The summed E-state index contributed by atoms with van der Waals surface area (Å²) in [6.45, 7) is 0. The van der Waals surface area contributed by atoms with E-state index in [0.717, 1.165) is 0 Å². The first kappa shape index (κ1) is 8.70. The van der Waals surface area contributed by atoms with Crippen LogP contribution in [0.3, 0.4) is 0 Å². The molecule has 0 atom stereocenters. The van der Waals surface area contributed by atoms with Crippen LogP contribution in [0, 0.1) is 12.3 Å². The predicted molar refractivity (Wildman–Crippen MR) is 35.3 cm³/mol. The van der Waals surface area contributed by atoms with Crippen molar-refractivity contribution in [1.82, 2.24) is 0 Å². The molecule has 0 saturated carbocycles. The zero-order chi connectivity index (χ0) is 7.98. The molecule has 0 saturated heterocycles. The van der Waals surface area contributed by atoms with E-state index in [1.54, 1.807) is 0 Å². The minimum absolute atomic E-state index is 0.169. The van der Waals surface area contributed by atoms with Crippen LogP contribution in [-0.2, 0) is 9.59 Å². The van der Waals surface area contributed by atoms with Crippen molar-refractivity contribution in [3.05, 3.63) is 0 Å². The molecule has 54 valence electrons. The molecule has 0 radical (unpaired) electrons. The summed E-state index contributed by atoms with van der Waals surface area (Å²) >= 11 is 0. The molecule has 0 unspecified atom stereocenters. The van der Waals surface area contributed by atoms with Crippen LogP contribution in [0.1, 0.15) is 19.3 Å². The van der Waals surface area contributed by atoms with Gasteiger partial charge in [0.2, 0.25) is 0 Å². The predicted octanol–water partition coefficient (Wildman–Crippen LogP) is 0.444. The number of aliphatic carboxylic acids is 1. The van der Waals surface area contributed by atoms with Gasteiger partial charge in [-0.1, -0.05) is 0 Å². The molecule has 10 heavy (non-hydrogen) atoms. The van der Waals surface area contributed by atoms with Gasteiger partial charge in [-0.3, -0.25) is 9.59 Å². The summed E-state index contributed by atoms with van der Waals surface area (Å²) in [5.74, 6) is 0.848. The van der Waals surface area contributed by atoms with Crippen LogP contribution >= 0.6 is 0 Å². The average Bonchev–Trinajstić information content (AvgIpc) is 1.82. The minimum Gasteiger partial charge on any atom is -0.481 e. The maximum atomic E-state index is 10.5. The zero-order valence-electron chi connectivity index (χ0n) is 5.46. The number of terminal acetylenes is 1. The van der Waals surface area contributed by atoms with Gasteiger partial charge in [0, 0.05) is 12.8 Å². The molecule has 0 rings (SSSR count). The lowest BCUT2D eigenvalue weighted by Crippen LogP contribution is -2.05. The van der Waals surface area contributed by atoms with Crippen LogP contribution < -0.4 is 0 Å². The van der Waals surface area contributed by atoms with Gasteiger partial charge in [0.25, 0.3) is 0 Å². The lowest BCUT2D eigenvalue weighted by Gasteiger charge is -1.90. The first-order valence-electron chi connectivity index (χ1n) is 2.83. The molecule has 0 spiro atoms. The summed E-state index contributed by atoms with van der Waals surface area (Å²) in [5.41, 5.74) is 0. The monoisotopic (exact) mass is 140 g/mol. The van der Waals surface area contributed by atoms with E-state index in [-0.39, 0.29) is 12.2 Å². The molecule has 0 aromatic heterocycles. The number of carboxylic acids is 1. The van der Waals surface area contributed by atoms with E-state index < -0.39 is 12.4 Å². The third-order valence-corrected chi connectivity index (χ3v) is 0.897. The highest BCUT2D eigenvalue weighted by atomic mass is 16.4. The topological polar surface area (TPSA) is 54.4 Å². The molecule has 3 nitrogen and oxygen atoms in total. The van der Waals surface area contributed by atoms with Crippen molar-refractivity contribution in [2.24, 2.45) is 0 Å². The molecule has 1 N–H and O–H groups in total. The van der Waals surface area contributed by atoms with Gasteiger partial charge >= 0.3 is 5.97 Å². The number of carbonyl (C=O) groups excluding carboxylic acids is 1. The van der Waals surface area contributed by atoms with E-state index in [9.17, 15) is 9.59 Å². The molecule has 0 aliphatic heterocycles.